The molecule has 0 unspecified atom stereocenters. The molecule has 2 aromatic heterocycles. The molecule has 0 saturated heterocycles. The number of nitrogens with zero attached hydrogens (tertiary/aromatic N) is 4. The van der Waals surface area contributed by atoms with E-state index >= 15 is 0 Å². The third-order valence-electron chi connectivity index (χ3n) is 3.32. The average Bonchev–Trinajstić information content (AvgIpc) is 3.16. The van der Waals surface area contributed by atoms with E-state index in [1.165, 1.54) is 6.20 Å². The number of benzene rings is 1. The van der Waals surface area contributed by atoms with Crippen LogP contribution in [0.15, 0.2) is 55.1 Å². The van der Waals surface area contributed by atoms with E-state index in [-0.39, 0.29) is 5.69 Å². The van der Waals surface area contributed by atoms with Gasteiger partial charge in [0.2, 0.25) is 0 Å². The van der Waals surface area contributed by atoms with Gasteiger partial charge < -0.3 is 5.32 Å². The summed E-state index contributed by atoms with van der Waals surface area (Å²) in [6.45, 7) is -0.699. The van der Waals surface area contributed by atoms with Crippen LogP contribution in [0.4, 0.5) is 18.9 Å². The maximum Gasteiger partial charge on any atom is 0.408 e. The molecular formula is C16H14F3N5O. The molecular weight excluding hydrogens is 335 g/mol. The Kier molecular flexibility index (Phi) is 4.55. The number of hydrogen-bond acceptors (Lipinski definition) is 3. The largest absolute Gasteiger partial charge is 0.408 e. The number of halogens is 3. The molecule has 1 aromatic carbocycles. The van der Waals surface area contributed by atoms with Crippen LogP contribution in [0, 0.1) is 0 Å². The highest BCUT2D eigenvalue weighted by molar-refractivity contribution is 6.03. The summed E-state index contributed by atoms with van der Waals surface area (Å²) in [6.07, 6.45) is 0.893. The highest BCUT2D eigenvalue weighted by Gasteiger charge is 2.28. The molecule has 3 rings (SSSR count). The molecule has 3 aromatic rings. The van der Waals surface area contributed by atoms with E-state index in [1.54, 1.807) is 10.9 Å². The van der Waals surface area contributed by atoms with E-state index < -0.39 is 18.6 Å². The van der Waals surface area contributed by atoms with Crippen molar-refractivity contribution in [1.82, 2.24) is 19.6 Å². The second-order valence-corrected chi connectivity index (χ2v) is 5.41. The van der Waals surface area contributed by atoms with Crippen LogP contribution in [-0.4, -0.2) is 31.6 Å². The zero-order valence-corrected chi connectivity index (χ0v) is 12.9. The molecule has 0 spiro atoms. The van der Waals surface area contributed by atoms with Gasteiger partial charge in [0.25, 0.3) is 5.91 Å². The Hall–Kier alpha value is -3.10. The van der Waals surface area contributed by atoms with E-state index in [0.29, 0.717) is 16.8 Å². The van der Waals surface area contributed by atoms with Gasteiger partial charge in [0.05, 0.1) is 30.2 Å². The second-order valence-electron chi connectivity index (χ2n) is 5.41. The minimum atomic E-state index is -4.37. The van der Waals surface area contributed by atoms with Crippen LogP contribution in [0.1, 0.15) is 15.9 Å². The van der Waals surface area contributed by atoms with Gasteiger partial charge in [-0.3, -0.25) is 14.2 Å². The first-order valence-corrected chi connectivity index (χ1v) is 7.36. The van der Waals surface area contributed by atoms with Crippen LogP contribution in [0.3, 0.4) is 0 Å². The van der Waals surface area contributed by atoms with E-state index in [0.717, 1.165) is 18.0 Å². The highest BCUT2D eigenvalue weighted by Crippen LogP contribution is 2.18. The Balaban J connectivity index is 1.62. The van der Waals surface area contributed by atoms with Crippen molar-refractivity contribution in [3.8, 4) is 0 Å². The lowest BCUT2D eigenvalue weighted by Gasteiger charge is -2.05. The number of rotatable bonds is 5. The molecule has 1 N–H and O–H groups in total. The molecule has 2 heterocycles. The van der Waals surface area contributed by atoms with Gasteiger partial charge in [0.15, 0.2) is 0 Å². The van der Waals surface area contributed by atoms with Crippen molar-refractivity contribution >= 4 is 11.6 Å². The molecule has 0 fully saturated rings. The zero-order chi connectivity index (χ0) is 17.9. The van der Waals surface area contributed by atoms with Gasteiger partial charge in [-0.05, 0) is 5.56 Å². The molecule has 0 aliphatic carbocycles. The third-order valence-corrected chi connectivity index (χ3v) is 3.32. The monoisotopic (exact) mass is 349 g/mol. The van der Waals surface area contributed by atoms with Crippen molar-refractivity contribution in [3.05, 3.63) is 66.2 Å². The lowest BCUT2D eigenvalue weighted by molar-refractivity contribution is -0.142. The number of amides is 1. The molecule has 0 aliphatic rings. The topological polar surface area (TPSA) is 64.7 Å². The van der Waals surface area contributed by atoms with Gasteiger partial charge in [0, 0.05) is 12.4 Å². The Morgan fingerprint density at radius 1 is 1.04 bits per heavy atom. The summed E-state index contributed by atoms with van der Waals surface area (Å²) in [6, 6.07) is 9.60. The molecule has 0 atom stereocenters. The lowest BCUT2D eigenvalue weighted by Crippen LogP contribution is -2.18. The van der Waals surface area contributed by atoms with Gasteiger partial charge in [-0.25, -0.2) is 0 Å². The Bertz CT molecular complexity index is 854. The van der Waals surface area contributed by atoms with Crippen molar-refractivity contribution in [3.63, 3.8) is 0 Å². The predicted octanol–water partition coefficient (Wildman–Crippen LogP) is 2.94. The summed E-state index contributed by atoms with van der Waals surface area (Å²) >= 11 is 0. The van der Waals surface area contributed by atoms with E-state index in [1.807, 2.05) is 30.3 Å². The van der Waals surface area contributed by atoms with E-state index in [9.17, 15) is 18.0 Å². The SMILES string of the molecule is O=C(Nc1cnn(CC(F)(F)F)c1)c1cnn(Cc2ccccc2)c1. The van der Waals surface area contributed by atoms with Crippen molar-refractivity contribution in [2.45, 2.75) is 19.3 Å². The number of carbonyl (C=O) groups excluding carboxylic acids is 1. The van der Waals surface area contributed by atoms with Crippen molar-refractivity contribution < 1.29 is 18.0 Å². The van der Waals surface area contributed by atoms with Gasteiger partial charge in [0.1, 0.15) is 6.54 Å². The molecule has 25 heavy (non-hydrogen) atoms. The van der Waals surface area contributed by atoms with Crippen molar-refractivity contribution in [2.24, 2.45) is 0 Å². The van der Waals surface area contributed by atoms with Crippen LogP contribution < -0.4 is 5.32 Å². The minimum absolute atomic E-state index is 0.185. The number of carbonyl (C=O) groups is 1. The number of alkyl halides is 3. The molecule has 0 saturated carbocycles. The van der Waals surface area contributed by atoms with Gasteiger partial charge >= 0.3 is 6.18 Å². The fourth-order valence-electron chi connectivity index (χ4n) is 2.24. The molecule has 0 radical (unpaired) electrons. The van der Waals surface area contributed by atoms with Crippen LogP contribution in [0.25, 0.3) is 0 Å². The van der Waals surface area contributed by atoms with Gasteiger partial charge in [-0.2, -0.15) is 23.4 Å². The Labute approximate surface area is 140 Å². The molecule has 0 aliphatic heterocycles. The number of aromatic nitrogens is 4. The zero-order valence-electron chi connectivity index (χ0n) is 12.9. The summed E-state index contributed by atoms with van der Waals surface area (Å²) in [4.78, 5) is 12.2. The molecule has 9 heteroatoms. The first-order valence-electron chi connectivity index (χ1n) is 7.36. The predicted molar refractivity (Wildman–Crippen MR) is 84.0 cm³/mol. The standard InChI is InChI=1S/C16H14F3N5O/c17-16(18,19)11-24-10-14(7-21-24)22-15(25)13-6-20-23(9-13)8-12-4-2-1-3-5-12/h1-7,9-10H,8,11H2,(H,22,25). The number of nitrogens with one attached hydrogen (secondary N) is 1. The number of anilines is 1. The summed E-state index contributed by atoms with van der Waals surface area (Å²) in [5.41, 5.74) is 1.52. The third kappa shape index (κ3) is 4.69. The van der Waals surface area contributed by atoms with Crippen LogP contribution >= 0.6 is 0 Å². The minimum Gasteiger partial charge on any atom is -0.319 e. The average molecular weight is 349 g/mol. The molecule has 6 nitrogen and oxygen atoms in total. The van der Waals surface area contributed by atoms with Crippen molar-refractivity contribution in [2.75, 3.05) is 5.32 Å². The Morgan fingerprint density at radius 3 is 2.48 bits per heavy atom. The van der Waals surface area contributed by atoms with E-state index in [4.69, 9.17) is 0 Å². The fraction of sp³-hybridized carbons (Fsp3) is 0.188. The normalized spacial score (nSPS) is 11.5. The maximum absolute atomic E-state index is 12.3. The van der Waals surface area contributed by atoms with Crippen LogP contribution in [-0.2, 0) is 13.1 Å². The fourth-order valence-corrected chi connectivity index (χ4v) is 2.24. The molecule has 1 amide bonds. The van der Waals surface area contributed by atoms with Gasteiger partial charge in [-0.1, -0.05) is 30.3 Å². The quantitative estimate of drug-likeness (QED) is 0.770. The summed E-state index contributed by atoms with van der Waals surface area (Å²) < 4.78 is 39.2. The first kappa shape index (κ1) is 16.7. The van der Waals surface area contributed by atoms with E-state index in [2.05, 4.69) is 15.5 Å². The first-order chi connectivity index (χ1) is 11.9. The lowest BCUT2D eigenvalue weighted by atomic mass is 10.2. The smallest absolute Gasteiger partial charge is 0.319 e. The summed E-state index contributed by atoms with van der Waals surface area (Å²) in [5.74, 6) is -0.467. The van der Waals surface area contributed by atoms with Crippen LogP contribution in [0.2, 0.25) is 0 Å². The number of hydrogen-bond donors (Lipinski definition) is 1. The molecule has 0 bridgehead atoms. The highest BCUT2D eigenvalue weighted by atomic mass is 19.4. The van der Waals surface area contributed by atoms with Crippen LogP contribution in [0.5, 0.6) is 0 Å². The second kappa shape index (κ2) is 6.80. The maximum atomic E-state index is 12.3. The Morgan fingerprint density at radius 2 is 1.76 bits per heavy atom. The molecule has 130 valence electrons. The van der Waals surface area contributed by atoms with Gasteiger partial charge in [-0.15, -0.1) is 0 Å². The summed E-state index contributed by atoms with van der Waals surface area (Å²) in [7, 11) is 0. The van der Waals surface area contributed by atoms with Crippen molar-refractivity contribution in [1.29, 1.82) is 0 Å². The summed E-state index contributed by atoms with van der Waals surface area (Å²) in [5, 5.41) is 10.2.